The minimum atomic E-state index is -1.10. The lowest BCUT2D eigenvalue weighted by molar-refractivity contribution is 0.0956. The molecule has 0 radical (unpaired) electrons. The van der Waals surface area contributed by atoms with Crippen molar-refractivity contribution in [3.8, 4) is 12.3 Å². The first-order valence-electron chi connectivity index (χ1n) is 6.98. The number of nitrogens with one attached hydrogen (secondary N) is 1. The molecule has 2 aromatic rings. The van der Waals surface area contributed by atoms with Gasteiger partial charge in [-0.3, -0.25) is 9.59 Å². The normalized spacial score (nSPS) is 11.6. The number of pyridine rings is 1. The van der Waals surface area contributed by atoms with Gasteiger partial charge in [0.05, 0.1) is 19.2 Å². The molecule has 1 atom stereocenters. The molecule has 2 rings (SSSR count). The largest absolute Gasteiger partial charge is 0.394 e. The van der Waals surface area contributed by atoms with Crippen molar-refractivity contribution >= 4 is 5.91 Å². The van der Waals surface area contributed by atoms with Gasteiger partial charge in [-0.05, 0) is 29.8 Å². The first kappa shape index (κ1) is 17.4. The summed E-state index contributed by atoms with van der Waals surface area (Å²) in [4.78, 5) is 24.4. The Morgan fingerprint density at radius 1 is 1.33 bits per heavy atom. The van der Waals surface area contributed by atoms with Crippen molar-refractivity contribution in [2.24, 2.45) is 0 Å². The fraction of sp³-hybridized carbons (Fsp3) is 0.176. The highest BCUT2D eigenvalue weighted by Gasteiger charge is 2.19. The second kappa shape index (κ2) is 7.53. The summed E-state index contributed by atoms with van der Waals surface area (Å²) in [7, 11) is 0. The van der Waals surface area contributed by atoms with Crippen molar-refractivity contribution in [2.45, 2.75) is 6.04 Å². The number of halogens is 2. The lowest BCUT2D eigenvalue weighted by atomic mass is 10.1. The van der Waals surface area contributed by atoms with E-state index < -0.39 is 35.7 Å². The topological polar surface area (TPSA) is 71.3 Å². The van der Waals surface area contributed by atoms with Crippen LogP contribution in [0.4, 0.5) is 8.78 Å². The molecule has 7 heteroatoms. The van der Waals surface area contributed by atoms with Crippen molar-refractivity contribution < 1.29 is 18.7 Å². The molecule has 5 nitrogen and oxygen atoms in total. The maximum absolute atomic E-state index is 13.4. The summed E-state index contributed by atoms with van der Waals surface area (Å²) in [5.74, 6) is -0.575. The van der Waals surface area contributed by atoms with Crippen molar-refractivity contribution in [3.05, 3.63) is 69.6 Å². The summed E-state index contributed by atoms with van der Waals surface area (Å²) in [5.41, 5.74) is -0.663. The highest BCUT2D eigenvalue weighted by Crippen LogP contribution is 2.19. The Morgan fingerprint density at radius 3 is 2.71 bits per heavy atom. The predicted molar refractivity (Wildman–Crippen MR) is 83.5 cm³/mol. The van der Waals surface area contributed by atoms with Crippen LogP contribution in [-0.2, 0) is 0 Å². The molecule has 24 heavy (non-hydrogen) atoms. The third-order valence-electron chi connectivity index (χ3n) is 3.41. The molecule has 124 valence electrons. The average molecular weight is 332 g/mol. The quantitative estimate of drug-likeness (QED) is 0.805. The summed E-state index contributed by atoms with van der Waals surface area (Å²) in [5, 5.41) is 12.0. The van der Waals surface area contributed by atoms with Crippen LogP contribution in [0.1, 0.15) is 22.0 Å². The van der Waals surface area contributed by atoms with Crippen LogP contribution in [0.2, 0.25) is 0 Å². The Kier molecular flexibility index (Phi) is 5.45. The van der Waals surface area contributed by atoms with Gasteiger partial charge in [-0.1, -0.05) is 12.0 Å². The second-order valence-electron chi connectivity index (χ2n) is 4.89. The predicted octanol–water partition coefficient (Wildman–Crippen LogP) is 1.07. The number of hydrogen-bond donors (Lipinski definition) is 2. The van der Waals surface area contributed by atoms with E-state index in [2.05, 4.69) is 11.2 Å². The van der Waals surface area contributed by atoms with E-state index in [0.717, 1.165) is 16.7 Å². The average Bonchev–Trinajstić information content (AvgIpc) is 2.58. The molecular weight excluding hydrogens is 318 g/mol. The molecule has 1 aromatic heterocycles. The van der Waals surface area contributed by atoms with Crippen LogP contribution in [-0.4, -0.2) is 28.7 Å². The third-order valence-corrected chi connectivity index (χ3v) is 3.41. The number of rotatable bonds is 5. The lowest BCUT2D eigenvalue weighted by Crippen LogP contribution is -2.35. The highest BCUT2D eigenvalue weighted by atomic mass is 19.2. The summed E-state index contributed by atoms with van der Waals surface area (Å²) < 4.78 is 27.6. The molecule has 0 aliphatic rings. The highest BCUT2D eigenvalue weighted by molar-refractivity contribution is 5.93. The van der Waals surface area contributed by atoms with Crippen molar-refractivity contribution in [1.29, 1.82) is 0 Å². The molecular formula is C17H14F2N2O3. The molecule has 2 N–H and O–H groups in total. The minimum Gasteiger partial charge on any atom is -0.394 e. The molecule has 0 spiro atoms. The maximum atomic E-state index is 13.4. The molecule has 0 fully saturated rings. The number of nitrogens with zero attached hydrogens (tertiary/aromatic N) is 1. The van der Waals surface area contributed by atoms with Gasteiger partial charge in [-0.25, -0.2) is 8.78 Å². The molecule has 0 aliphatic heterocycles. The Labute approximate surface area is 136 Å². The van der Waals surface area contributed by atoms with E-state index in [0.29, 0.717) is 0 Å². The zero-order chi connectivity index (χ0) is 17.7. The Balaban J connectivity index is 2.46. The van der Waals surface area contributed by atoms with Gasteiger partial charge < -0.3 is 15.0 Å². The number of amides is 1. The summed E-state index contributed by atoms with van der Waals surface area (Å²) in [6.07, 6.45) is 6.40. The van der Waals surface area contributed by atoms with Gasteiger partial charge in [0.2, 0.25) is 0 Å². The van der Waals surface area contributed by atoms with E-state index in [1.807, 2.05) is 0 Å². The van der Waals surface area contributed by atoms with E-state index in [1.165, 1.54) is 24.4 Å². The van der Waals surface area contributed by atoms with Gasteiger partial charge in [0, 0.05) is 6.20 Å². The van der Waals surface area contributed by atoms with Crippen molar-refractivity contribution in [2.75, 3.05) is 13.2 Å². The van der Waals surface area contributed by atoms with Crippen LogP contribution < -0.4 is 10.9 Å². The number of carbonyl (C=O) groups is 1. The number of aliphatic hydroxyl groups is 1. The van der Waals surface area contributed by atoms with Gasteiger partial charge in [0.1, 0.15) is 5.56 Å². The molecule has 1 heterocycles. The van der Waals surface area contributed by atoms with Crippen LogP contribution >= 0.6 is 0 Å². The standard InChI is InChI=1S/C17H14F2N2O3/c1-2-7-20-16(23)12-4-3-8-21(17(12)24)15(10-22)11-5-6-13(18)14(19)9-11/h1,3-6,8-9,15,22H,7,10H2,(H,20,23). The minimum absolute atomic E-state index is 0.0419. The van der Waals surface area contributed by atoms with Crippen LogP contribution in [0.15, 0.2) is 41.3 Å². The molecule has 1 unspecified atom stereocenters. The maximum Gasteiger partial charge on any atom is 0.264 e. The van der Waals surface area contributed by atoms with E-state index >= 15 is 0 Å². The van der Waals surface area contributed by atoms with E-state index in [9.17, 15) is 23.5 Å². The Bertz CT molecular complexity index is 856. The van der Waals surface area contributed by atoms with Gasteiger partial charge in [0.25, 0.3) is 11.5 Å². The summed E-state index contributed by atoms with van der Waals surface area (Å²) in [6.45, 7) is -0.583. The van der Waals surface area contributed by atoms with Crippen LogP contribution in [0, 0.1) is 24.0 Å². The number of hydrogen-bond acceptors (Lipinski definition) is 3. The van der Waals surface area contributed by atoms with Crippen LogP contribution in [0.25, 0.3) is 0 Å². The van der Waals surface area contributed by atoms with Gasteiger partial charge in [-0.2, -0.15) is 0 Å². The van der Waals surface area contributed by atoms with Crippen LogP contribution in [0.5, 0.6) is 0 Å². The number of aliphatic hydroxyl groups excluding tert-OH is 1. The number of carbonyl (C=O) groups excluding carboxylic acids is 1. The van der Waals surface area contributed by atoms with E-state index in [4.69, 9.17) is 6.42 Å². The zero-order valence-electron chi connectivity index (χ0n) is 12.5. The molecule has 0 saturated heterocycles. The number of terminal acetylenes is 1. The molecule has 0 bridgehead atoms. The van der Waals surface area contributed by atoms with Crippen LogP contribution in [0.3, 0.4) is 0 Å². The van der Waals surface area contributed by atoms with Gasteiger partial charge in [-0.15, -0.1) is 6.42 Å². The smallest absolute Gasteiger partial charge is 0.264 e. The summed E-state index contributed by atoms with van der Waals surface area (Å²) >= 11 is 0. The number of aromatic nitrogens is 1. The first-order chi connectivity index (χ1) is 11.5. The fourth-order valence-corrected chi connectivity index (χ4v) is 2.23. The lowest BCUT2D eigenvalue weighted by Gasteiger charge is -2.19. The molecule has 0 aliphatic carbocycles. The second-order valence-corrected chi connectivity index (χ2v) is 4.89. The molecule has 1 amide bonds. The van der Waals surface area contributed by atoms with Gasteiger partial charge >= 0.3 is 0 Å². The van der Waals surface area contributed by atoms with E-state index in [-0.39, 0.29) is 17.7 Å². The summed E-state index contributed by atoms with van der Waals surface area (Å²) in [6, 6.07) is 4.85. The first-order valence-corrected chi connectivity index (χ1v) is 6.98. The monoisotopic (exact) mass is 332 g/mol. The third kappa shape index (κ3) is 3.50. The zero-order valence-corrected chi connectivity index (χ0v) is 12.5. The van der Waals surface area contributed by atoms with Crippen molar-refractivity contribution in [1.82, 2.24) is 9.88 Å². The van der Waals surface area contributed by atoms with E-state index in [1.54, 1.807) is 0 Å². The Morgan fingerprint density at radius 2 is 2.08 bits per heavy atom. The number of benzene rings is 1. The molecule has 0 saturated carbocycles. The van der Waals surface area contributed by atoms with Crippen molar-refractivity contribution in [3.63, 3.8) is 0 Å². The fourth-order valence-electron chi connectivity index (χ4n) is 2.23. The van der Waals surface area contributed by atoms with Gasteiger partial charge in [0.15, 0.2) is 11.6 Å². The SMILES string of the molecule is C#CCNC(=O)c1cccn(C(CO)c2ccc(F)c(F)c2)c1=O. The molecule has 1 aromatic carbocycles. The Hall–Kier alpha value is -2.98.